The van der Waals surface area contributed by atoms with Crippen LogP contribution in [0.15, 0.2) is 34.9 Å². The van der Waals surface area contributed by atoms with E-state index in [1.54, 1.807) is 23.1 Å². The number of nitrogens with zero attached hydrogens (tertiary/aromatic N) is 2. The molecule has 2 rings (SSSR count). The molecule has 0 aliphatic carbocycles. The SMILES string of the molecule is CCN(CCO)C(=O)CCc1ncc(-c2ccccc2F)o1. The Labute approximate surface area is 128 Å². The molecule has 0 spiro atoms. The highest BCUT2D eigenvalue weighted by atomic mass is 19.1. The maximum absolute atomic E-state index is 13.7. The largest absolute Gasteiger partial charge is 0.441 e. The van der Waals surface area contributed by atoms with Crippen LogP contribution in [-0.4, -0.2) is 40.6 Å². The summed E-state index contributed by atoms with van der Waals surface area (Å²) in [5, 5.41) is 8.90. The van der Waals surface area contributed by atoms with Crippen LogP contribution in [0.25, 0.3) is 11.3 Å². The molecule has 0 saturated carbocycles. The zero-order valence-corrected chi connectivity index (χ0v) is 12.5. The number of aryl methyl sites for hydroxylation is 1. The minimum Gasteiger partial charge on any atom is -0.441 e. The molecule has 1 aromatic heterocycles. The van der Waals surface area contributed by atoms with Crippen molar-refractivity contribution in [3.05, 3.63) is 42.2 Å². The maximum Gasteiger partial charge on any atom is 0.223 e. The summed E-state index contributed by atoms with van der Waals surface area (Å²) in [7, 11) is 0. The van der Waals surface area contributed by atoms with E-state index in [-0.39, 0.29) is 24.8 Å². The predicted octanol–water partition coefficient (Wildman–Crippen LogP) is 2.25. The van der Waals surface area contributed by atoms with Crippen molar-refractivity contribution < 1.29 is 18.7 Å². The minimum absolute atomic E-state index is 0.0595. The smallest absolute Gasteiger partial charge is 0.223 e. The summed E-state index contributed by atoms with van der Waals surface area (Å²) >= 11 is 0. The fraction of sp³-hybridized carbons (Fsp3) is 0.375. The molecule has 0 bridgehead atoms. The Morgan fingerprint density at radius 1 is 1.41 bits per heavy atom. The van der Waals surface area contributed by atoms with Crippen LogP contribution in [-0.2, 0) is 11.2 Å². The lowest BCUT2D eigenvalue weighted by Gasteiger charge is -2.19. The maximum atomic E-state index is 13.7. The molecule has 0 saturated heterocycles. The van der Waals surface area contributed by atoms with Gasteiger partial charge in [-0.2, -0.15) is 0 Å². The summed E-state index contributed by atoms with van der Waals surface area (Å²) in [6, 6.07) is 6.30. The number of amides is 1. The van der Waals surface area contributed by atoms with Gasteiger partial charge in [0.1, 0.15) is 5.82 Å². The van der Waals surface area contributed by atoms with Crippen molar-refractivity contribution in [1.29, 1.82) is 0 Å². The van der Waals surface area contributed by atoms with Crippen LogP contribution in [0.2, 0.25) is 0 Å². The average Bonchev–Trinajstić information content (AvgIpc) is 2.99. The molecule has 1 N–H and O–H groups in total. The van der Waals surface area contributed by atoms with Crippen LogP contribution >= 0.6 is 0 Å². The number of aromatic nitrogens is 1. The Morgan fingerprint density at radius 2 is 2.18 bits per heavy atom. The molecule has 1 heterocycles. The fourth-order valence-electron chi connectivity index (χ4n) is 2.16. The number of carbonyl (C=O) groups excluding carboxylic acids is 1. The van der Waals surface area contributed by atoms with E-state index < -0.39 is 0 Å². The van der Waals surface area contributed by atoms with Crippen molar-refractivity contribution >= 4 is 5.91 Å². The molecular formula is C16H19FN2O3. The monoisotopic (exact) mass is 306 g/mol. The van der Waals surface area contributed by atoms with Gasteiger partial charge in [0.15, 0.2) is 11.7 Å². The van der Waals surface area contributed by atoms with Crippen molar-refractivity contribution in [2.45, 2.75) is 19.8 Å². The van der Waals surface area contributed by atoms with Crippen LogP contribution in [0, 0.1) is 5.82 Å². The van der Waals surface area contributed by atoms with Gasteiger partial charge in [0.2, 0.25) is 5.91 Å². The molecular weight excluding hydrogens is 287 g/mol. The topological polar surface area (TPSA) is 66.6 Å². The highest BCUT2D eigenvalue weighted by Crippen LogP contribution is 2.23. The van der Waals surface area contributed by atoms with Gasteiger partial charge < -0.3 is 14.4 Å². The first-order valence-corrected chi connectivity index (χ1v) is 7.24. The summed E-state index contributed by atoms with van der Waals surface area (Å²) in [6.07, 6.45) is 2.05. The lowest BCUT2D eigenvalue weighted by molar-refractivity contribution is -0.131. The molecule has 5 nitrogen and oxygen atoms in total. The van der Waals surface area contributed by atoms with Gasteiger partial charge in [0, 0.05) is 25.9 Å². The molecule has 0 atom stereocenters. The molecule has 1 amide bonds. The Kier molecular flexibility index (Phi) is 5.66. The standard InChI is InChI=1S/C16H19FN2O3/c1-2-19(9-10-20)16(21)8-7-15-18-11-14(22-15)12-5-3-4-6-13(12)17/h3-6,11,20H,2,7-10H2,1H3. The van der Waals surface area contributed by atoms with E-state index in [4.69, 9.17) is 9.52 Å². The minimum atomic E-state index is -0.374. The first kappa shape index (κ1) is 16.2. The average molecular weight is 306 g/mol. The highest BCUT2D eigenvalue weighted by Gasteiger charge is 2.14. The summed E-state index contributed by atoms with van der Waals surface area (Å²) in [6.45, 7) is 2.66. The zero-order chi connectivity index (χ0) is 15.9. The van der Waals surface area contributed by atoms with Gasteiger partial charge in [-0.05, 0) is 19.1 Å². The van der Waals surface area contributed by atoms with Gasteiger partial charge in [-0.15, -0.1) is 0 Å². The molecule has 0 fully saturated rings. The lowest BCUT2D eigenvalue weighted by Crippen LogP contribution is -2.33. The number of likely N-dealkylation sites (N-methyl/N-ethyl adjacent to an activating group) is 1. The second kappa shape index (κ2) is 7.70. The Hall–Kier alpha value is -2.21. The highest BCUT2D eigenvalue weighted by molar-refractivity contribution is 5.76. The van der Waals surface area contributed by atoms with Crippen molar-refractivity contribution in [3.63, 3.8) is 0 Å². The number of rotatable bonds is 7. The van der Waals surface area contributed by atoms with E-state index in [1.165, 1.54) is 12.3 Å². The van der Waals surface area contributed by atoms with Crippen LogP contribution in [0.4, 0.5) is 4.39 Å². The number of halogens is 1. The molecule has 0 aliphatic heterocycles. The van der Waals surface area contributed by atoms with E-state index in [0.29, 0.717) is 36.7 Å². The number of hydrogen-bond acceptors (Lipinski definition) is 4. The third-order valence-corrected chi connectivity index (χ3v) is 3.35. The van der Waals surface area contributed by atoms with Gasteiger partial charge in [-0.3, -0.25) is 4.79 Å². The fourth-order valence-corrected chi connectivity index (χ4v) is 2.16. The molecule has 6 heteroatoms. The molecule has 2 aromatic rings. The molecule has 0 unspecified atom stereocenters. The summed E-state index contributed by atoms with van der Waals surface area (Å²) in [5.74, 6) is 0.304. The van der Waals surface area contributed by atoms with Crippen molar-refractivity contribution in [3.8, 4) is 11.3 Å². The number of carbonyl (C=O) groups is 1. The first-order valence-electron chi connectivity index (χ1n) is 7.24. The number of hydrogen-bond donors (Lipinski definition) is 1. The summed E-state index contributed by atoms with van der Waals surface area (Å²) in [5.41, 5.74) is 0.350. The molecule has 1 aromatic carbocycles. The number of aliphatic hydroxyl groups is 1. The van der Waals surface area contributed by atoms with E-state index in [2.05, 4.69) is 4.98 Å². The van der Waals surface area contributed by atoms with Gasteiger partial charge in [-0.25, -0.2) is 9.37 Å². The normalized spacial score (nSPS) is 10.7. The van der Waals surface area contributed by atoms with Crippen molar-refractivity contribution in [1.82, 2.24) is 9.88 Å². The third kappa shape index (κ3) is 3.92. The second-order valence-electron chi connectivity index (χ2n) is 4.80. The van der Waals surface area contributed by atoms with E-state index >= 15 is 0 Å². The van der Waals surface area contributed by atoms with Gasteiger partial charge >= 0.3 is 0 Å². The van der Waals surface area contributed by atoms with Crippen LogP contribution in [0.5, 0.6) is 0 Å². The van der Waals surface area contributed by atoms with Crippen LogP contribution in [0.3, 0.4) is 0 Å². The van der Waals surface area contributed by atoms with E-state index in [0.717, 1.165) is 0 Å². The van der Waals surface area contributed by atoms with E-state index in [1.807, 2.05) is 6.92 Å². The zero-order valence-electron chi connectivity index (χ0n) is 12.5. The van der Waals surface area contributed by atoms with Gasteiger partial charge in [0.05, 0.1) is 18.4 Å². The van der Waals surface area contributed by atoms with Crippen LogP contribution in [0.1, 0.15) is 19.2 Å². The lowest BCUT2D eigenvalue weighted by atomic mass is 10.2. The Morgan fingerprint density at radius 3 is 2.86 bits per heavy atom. The second-order valence-corrected chi connectivity index (χ2v) is 4.80. The molecule has 118 valence electrons. The van der Waals surface area contributed by atoms with Crippen molar-refractivity contribution in [2.24, 2.45) is 0 Å². The Balaban J connectivity index is 1.98. The van der Waals surface area contributed by atoms with E-state index in [9.17, 15) is 9.18 Å². The van der Waals surface area contributed by atoms with Crippen molar-refractivity contribution in [2.75, 3.05) is 19.7 Å². The summed E-state index contributed by atoms with van der Waals surface area (Å²) in [4.78, 5) is 17.6. The number of benzene rings is 1. The molecule has 0 radical (unpaired) electrons. The number of aliphatic hydroxyl groups excluding tert-OH is 1. The molecule has 22 heavy (non-hydrogen) atoms. The van der Waals surface area contributed by atoms with Gasteiger partial charge in [-0.1, -0.05) is 12.1 Å². The first-order chi connectivity index (χ1) is 10.7. The third-order valence-electron chi connectivity index (χ3n) is 3.35. The molecule has 0 aliphatic rings. The summed E-state index contributed by atoms with van der Waals surface area (Å²) < 4.78 is 19.2. The van der Waals surface area contributed by atoms with Gasteiger partial charge in [0.25, 0.3) is 0 Å². The predicted molar refractivity (Wildman–Crippen MR) is 79.6 cm³/mol. The number of oxazole rings is 1. The Bertz CT molecular complexity index is 627. The quantitative estimate of drug-likeness (QED) is 0.852. The van der Waals surface area contributed by atoms with Crippen LogP contribution < -0.4 is 0 Å².